The largest absolute Gasteiger partial charge is 0.444 e. The predicted molar refractivity (Wildman–Crippen MR) is 214 cm³/mol. The maximum atomic E-state index is 13.1. The second-order valence-corrected chi connectivity index (χ2v) is 16.0. The van der Waals surface area contributed by atoms with Crippen molar-refractivity contribution in [2.75, 3.05) is 11.9 Å². The molecule has 4 rings (SSSR count). The molecule has 0 aliphatic carbocycles. The van der Waals surface area contributed by atoms with E-state index in [2.05, 4.69) is 62.8 Å². The number of amides is 3. The van der Waals surface area contributed by atoms with Crippen molar-refractivity contribution in [2.45, 2.75) is 97.1 Å². The summed E-state index contributed by atoms with van der Waals surface area (Å²) < 4.78 is 18.2. The SMILES string of the molecule is Cn1ncc(C(CCNC(=O)OC(C)(C)C)N=C(NC(=O)OC(C)(C)C)NC(=O)OC(C)(C)C)c1NC(c1ccccc1)(c1ccccc1)c1ccccc1. The van der Waals surface area contributed by atoms with E-state index in [0.29, 0.717) is 11.4 Å². The lowest BCUT2D eigenvalue weighted by Gasteiger charge is -2.38. The Balaban J connectivity index is 1.90. The van der Waals surface area contributed by atoms with Crippen molar-refractivity contribution in [3.05, 3.63) is 119 Å². The van der Waals surface area contributed by atoms with Crippen molar-refractivity contribution in [3.8, 4) is 0 Å². The van der Waals surface area contributed by atoms with Crippen LogP contribution in [-0.2, 0) is 26.8 Å². The van der Waals surface area contributed by atoms with Crippen LogP contribution in [0.2, 0.25) is 0 Å². The quantitative estimate of drug-likeness (QED) is 0.0547. The van der Waals surface area contributed by atoms with Gasteiger partial charge in [0.2, 0.25) is 5.96 Å². The van der Waals surface area contributed by atoms with Crippen LogP contribution in [0.4, 0.5) is 20.2 Å². The van der Waals surface area contributed by atoms with Crippen LogP contribution < -0.4 is 21.3 Å². The highest BCUT2D eigenvalue weighted by atomic mass is 16.6. The van der Waals surface area contributed by atoms with E-state index in [0.717, 1.165) is 16.7 Å². The number of anilines is 1. The third-order valence-corrected chi connectivity index (χ3v) is 7.86. The van der Waals surface area contributed by atoms with E-state index >= 15 is 0 Å². The number of aliphatic imine (C=N–C) groups is 1. The zero-order chi connectivity index (χ0) is 40.4. The first-order valence-electron chi connectivity index (χ1n) is 18.3. The highest BCUT2D eigenvalue weighted by Gasteiger charge is 2.38. The smallest absolute Gasteiger partial charge is 0.414 e. The second kappa shape index (κ2) is 17.5. The van der Waals surface area contributed by atoms with Gasteiger partial charge < -0.3 is 24.8 Å². The number of carbonyl (C=O) groups is 3. The normalized spacial score (nSPS) is 12.5. The monoisotopic (exact) mass is 753 g/mol. The number of benzene rings is 3. The van der Waals surface area contributed by atoms with Crippen LogP contribution in [0.1, 0.15) is 97.0 Å². The number of nitrogens with zero attached hydrogens (tertiary/aromatic N) is 3. The van der Waals surface area contributed by atoms with Crippen molar-refractivity contribution < 1.29 is 28.6 Å². The van der Waals surface area contributed by atoms with Crippen molar-refractivity contribution in [2.24, 2.45) is 12.0 Å². The molecule has 55 heavy (non-hydrogen) atoms. The molecule has 4 aromatic rings. The van der Waals surface area contributed by atoms with Gasteiger partial charge in [-0.15, -0.1) is 0 Å². The Hall–Kier alpha value is -5.85. The van der Waals surface area contributed by atoms with Crippen molar-refractivity contribution in [1.29, 1.82) is 0 Å². The van der Waals surface area contributed by atoms with E-state index in [1.807, 2.05) is 61.6 Å². The molecule has 0 bridgehead atoms. The van der Waals surface area contributed by atoms with Gasteiger partial charge in [-0.3, -0.25) is 15.3 Å². The molecule has 1 heterocycles. The zero-order valence-corrected chi connectivity index (χ0v) is 33.5. The van der Waals surface area contributed by atoms with Crippen molar-refractivity contribution in [3.63, 3.8) is 0 Å². The maximum absolute atomic E-state index is 13.1. The maximum Gasteiger partial charge on any atom is 0.414 e. The van der Waals surface area contributed by atoms with Crippen LogP contribution in [-0.4, -0.2) is 57.4 Å². The highest BCUT2D eigenvalue weighted by molar-refractivity contribution is 6.01. The minimum Gasteiger partial charge on any atom is -0.444 e. The molecule has 3 aromatic carbocycles. The number of aromatic nitrogens is 2. The Morgan fingerprint density at radius 2 is 1.05 bits per heavy atom. The molecule has 3 amide bonds. The number of alkyl carbamates (subject to hydrolysis) is 3. The summed E-state index contributed by atoms with van der Waals surface area (Å²) in [6.07, 6.45) is -0.407. The van der Waals surface area contributed by atoms with Gasteiger partial charge in [-0.05, 0) is 85.4 Å². The summed E-state index contributed by atoms with van der Waals surface area (Å²) in [5.41, 5.74) is 0.179. The fraction of sp³-hybridized carbons (Fsp3) is 0.405. The molecule has 294 valence electrons. The van der Waals surface area contributed by atoms with Crippen LogP contribution in [0.15, 0.2) is 102 Å². The Kier molecular flexibility index (Phi) is 13.4. The zero-order valence-electron chi connectivity index (χ0n) is 33.5. The molecule has 0 radical (unpaired) electrons. The standard InChI is InChI=1S/C42H55N7O6/c1-39(2,3)53-36(50)43-27-26-33(45-35(46-37(51)54-40(4,5)6)47-38(52)55-41(7,8)9)32-28-44-49(10)34(32)48-42(29-20-14-11-15-21-29,30-22-16-12-17-23-30)31-24-18-13-19-25-31/h11-25,28,33,48H,26-27H2,1-10H3,(H,43,50)(H2,45,46,47,51,52). The highest BCUT2D eigenvalue weighted by Crippen LogP contribution is 2.42. The van der Waals surface area contributed by atoms with E-state index in [1.165, 1.54) is 0 Å². The summed E-state index contributed by atoms with van der Waals surface area (Å²) in [5.74, 6) is 0.373. The number of hydrogen-bond acceptors (Lipinski definition) is 9. The molecular weight excluding hydrogens is 699 g/mol. The van der Waals surface area contributed by atoms with Gasteiger partial charge >= 0.3 is 18.3 Å². The van der Waals surface area contributed by atoms with Gasteiger partial charge in [0.05, 0.1) is 12.2 Å². The molecule has 4 N–H and O–H groups in total. The first-order valence-corrected chi connectivity index (χ1v) is 18.3. The van der Waals surface area contributed by atoms with Crippen LogP contribution in [0.5, 0.6) is 0 Å². The Morgan fingerprint density at radius 3 is 1.45 bits per heavy atom. The van der Waals surface area contributed by atoms with Gasteiger partial charge in [0.1, 0.15) is 28.2 Å². The number of ether oxygens (including phenoxy) is 3. The number of nitrogens with one attached hydrogen (secondary N) is 4. The predicted octanol–water partition coefficient (Wildman–Crippen LogP) is 8.19. The number of rotatable bonds is 10. The van der Waals surface area contributed by atoms with Crippen LogP contribution in [0, 0.1) is 0 Å². The minimum atomic E-state index is -0.929. The molecule has 0 aliphatic heterocycles. The average Bonchev–Trinajstić information content (AvgIpc) is 3.44. The molecule has 1 aromatic heterocycles. The van der Waals surface area contributed by atoms with Gasteiger partial charge in [-0.1, -0.05) is 91.0 Å². The van der Waals surface area contributed by atoms with E-state index in [-0.39, 0.29) is 18.9 Å². The summed E-state index contributed by atoms with van der Waals surface area (Å²) in [6, 6.07) is 29.5. The molecule has 0 saturated heterocycles. The number of guanidine groups is 1. The Morgan fingerprint density at radius 1 is 0.655 bits per heavy atom. The van der Waals surface area contributed by atoms with E-state index in [1.54, 1.807) is 73.2 Å². The first kappa shape index (κ1) is 41.9. The fourth-order valence-electron chi connectivity index (χ4n) is 5.78. The molecule has 0 saturated carbocycles. The van der Waals surface area contributed by atoms with E-state index in [4.69, 9.17) is 19.2 Å². The Labute approximate surface area is 324 Å². The van der Waals surface area contributed by atoms with E-state index < -0.39 is 46.7 Å². The summed E-state index contributed by atoms with van der Waals surface area (Å²) >= 11 is 0. The summed E-state index contributed by atoms with van der Waals surface area (Å²) in [7, 11) is 1.82. The summed E-state index contributed by atoms with van der Waals surface area (Å²) in [6.45, 7) is 15.8. The second-order valence-electron chi connectivity index (χ2n) is 16.0. The van der Waals surface area contributed by atoms with Crippen molar-refractivity contribution >= 4 is 30.1 Å². The molecule has 0 aliphatic rings. The lowest BCUT2D eigenvalue weighted by molar-refractivity contribution is 0.0518. The molecule has 13 heteroatoms. The number of aryl methyl sites for hydroxylation is 1. The van der Waals surface area contributed by atoms with Crippen LogP contribution in [0.25, 0.3) is 0 Å². The molecular formula is C42H55N7O6. The van der Waals surface area contributed by atoms with Gasteiger partial charge in [0.25, 0.3) is 0 Å². The molecule has 1 atom stereocenters. The molecule has 13 nitrogen and oxygen atoms in total. The van der Waals surface area contributed by atoms with Gasteiger partial charge in [-0.25, -0.2) is 19.4 Å². The average molecular weight is 754 g/mol. The third kappa shape index (κ3) is 12.3. The third-order valence-electron chi connectivity index (χ3n) is 7.86. The number of hydrogen-bond donors (Lipinski definition) is 4. The van der Waals surface area contributed by atoms with E-state index in [9.17, 15) is 14.4 Å². The first-order chi connectivity index (χ1) is 25.8. The van der Waals surface area contributed by atoms with Crippen LogP contribution >= 0.6 is 0 Å². The number of carbonyl (C=O) groups excluding carboxylic acids is 3. The summed E-state index contributed by atoms with van der Waals surface area (Å²) in [5, 5.41) is 16.5. The lowest BCUT2D eigenvalue weighted by atomic mass is 9.77. The Bertz CT molecular complexity index is 1780. The fourth-order valence-corrected chi connectivity index (χ4v) is 5.78. The lowest BCUT2D eigenvalue weighted by Crippen LogP contribution is -2.47. The molecule has 1 unspecified atom stereocenters. The van der Waals surface area contributed by atoms with Crippen LogP contribution in [0.3, 0.4) is 0 Å². The topological polar surface area (TPSA) is 157 Å². The van der Waals surface area contributed by atoms with Gasteiger partial charge in [0.15, 0.2) is 0 Å². The molecule has 0 spiro atoms. The van der Waals surface area contributed by atoms with Gasteiger partial charge in [0, 0.05) is 19.2 Å². The molecule has 0 fully saturated rings. The van der Waals surface area contributed by atoms with Gasteiger partial charge in [-0.2, -0.15) is 5.10 Å². The minimum absolute atomic E-state index is 0.116. The summed E-state index contributed by atoms with van der Waals surface area (Å²) in [4.78, 5) is 43.8. The van der Waals surface area contributed by atoms with Crippen molar-refractivity contribution in [1.82, 2.24) is 25.7 Å².